The van der Waals surface area contributed by atoms with Crippen LogP contribution in [0.5, 0.6) is 0 Å². The second-order valence-corrected chi connectivity index (χ2v) is 4.77. The van der Waals surface area contributed by atoms with E-state index in [1.54, 1.807) is 0 Å². The topological polar surface area (TPSA) is 183 Å². The minimum absolute atomic E-state index is 0.301. The Balaban J connectivity index is 2.43. The van der Waals surface area contributed by atoms with Crippen LogP contribution in [-0.4, -0.2) is 39.4 Å². The van der Waals surface area contributed by atoms with E-state index in [-0.39, 0.29) is 5.69 Å². The maximum absolute atomic E-state index is 12.1. The molecule has 0 saturated carbocycles. The van der Waals surface area contributed by atoms with Gasteiger partial charge in [0.05, 0.1) is 40.6 Å². The highest BCUT2D eigenvalue weighted by atomic mass is 16.4. The number of carboxylic acid groups (broad SMARTS) is 3. The zero-order chi connectivity index (χ0) is 17.8. The summed E-state index contributed by atoms with van der Waals surface area (Å²) in [7, 11) is 0. The quantitative estimate of drug-likeness (QED) is 0.560. The first kappa shape index (κ1) is 15.1. The van der Waals surface area contributed by atoms with Gasteiger partial charge < -0.3 is 34.7 Å². The van der Waals surface area contributed by atoms with Crippen LogP contribution in [0.3, 0.4) is 0 Å². The lowest BCUT2D eigenvalue weighted by molar-refractivity contribution is -0.256. The molecule has 120 valence electrons. The lowest BCUT2D eigenvalue weighted by Gasteiger charge is -2.19. The number of hydrogen-bond donors (Lipinski definition) is 1. The van der Waals surface area contributed by atoms with E-state index in [0.29, 0.717) is 6.07 Å². The van der Waals surface area contributed by atoms with Crippen molar-refractivity contribution in [2.75, 3.05) is 0 Å². The third-order valence-corrected chi connectivity index (χ3v) is 3.40. The van der Waals surface area contributed by atoms with Gasteiger partial charge in [-0.15, -0.1) is 0 Å². The highest BCUT2D eigenvalue weighted by Crippen LogP contribution is 2.35. The van der Waals surface area contributed by atoms with Crippen LogP contribution in [0.2, 0.25) is 0 Å². The molecule has 1 N–H and O–H groups in total. The molecule has 0 radical (unpaired) electrons. The third kappa shape index (κ3) is 1.97. The van der Waals surface area contributed by atoms with Crippen molar-refractivity contribution < 1.29 is 39.3 Å². The summed E-state index contributed by atoms with van der Waals surface area (Å²) in [6.07, 6.45) is 0. The van der Waals surface area contributed by atoms with E-state index in [2.05, 4.69) is 9.97 Å². The Hall–Kier alpha value is -3.82. The Labute approximate surface area is 131 Å². The van der Waals surface area contributed by atoms with Crippen LogP contribution in [0.15, 0.2) is 12.1 Å². The summed E-state index contributed by atoms with van der Waals surface area (Å²) in [4.78, 5) is 62.9. The number of carbonyl (C=O) groups excluding carboxylic acids is 5. The normalized spacial score (nSPS) is 12.5. The fourth-order valence-electron chi connectivity index (χ4n) is 2.40. The summed E-state index contributed by atoms with van der Waals surface area (Å²) in [5.41, 5.74) is -4.09. The molecule has 1 aliphatic carbocycles. The van der Waals surface area contributed by atoms with Gasteiger partial charge in [0, 0.05) is 11.1 Å². The average molecular weight is 327 g/mol. The highest BCUT2D eigenvalue weighted by molar-refractivity contribution is 6.52. The largest absolute Gasteiger partial charge is 0.545 e. The van der Waals surface area contributed by atoms with Crippen LogP contribution >= 0.6 is 0 Å². The van der Waals surface area contributed by atoms with Crippen LogP contribution < -0.4 is 15.3 Å². The number of aromatic amines is 1. The smallest absolute Gasteiger partial charge is 0.252 e. The van der Waals surface area contributed by atoms with Crippen molar-refractivity contribution in [3.8, 4) is 11.3 Å². The molecule has 0 aliphatic heterocycles. The number of rotatable bonds is 3. The van der Waals surface area contributed by atoms with Gasteiger partial charge in [0.1, 0.15) is 5.69 Å². The van der Waals surface area contributed by atoms with Crippen LogP contribution in [0.25, 0.3) is 11.3 Å². The number of H-pyrrole nitrogens is 1. The SMILES string of the molecule is O=C([O-])c1cc(C(=O)[O-])c2c(n1)C(=O)C(=O)c1cc(C(=O)[O-])[nH]c1-2. The van der Waals surface area contributed by atoms with Crippen molar-refractivity contribution in [3.05, 3.63) is 40.3 Å². The summed E-state index contributed by atoms with van der Waals surface area (Å²) >= 11 is 0. The van der Waals surface area contributed by atoms with E-state index in [1.807, 2.05) is 0 Å². The average Bonchev–Trinajstić information content (AvgIpc) is 2.96. The molecule has 0 saturated heterocycles. The predicted octanol–water partition coefficient (Wildman–Crippen LogP) is -3.45. The van der Waals surface area contributed by atoms with E-state index < -0.39 is 63.2 Å². The molecule has 10 nitrogen and oxygen atoms in total. The number of hydrogen-bond acceptors (Lipinski definition) is 9. The molecule has 2 aromatic heterocycles. The number of nitrogens with one attached hydrogen (secondary N) is 1. The number of Topliss-reactive ketones (excluding diaryl/α,β-unsaturated/α-hetero) is 2. The number of aromatic nitrogens is 2. The Bertz CT molecular complexity index is 985. The van der Waals surface area contributed by atoms with Crippen molar-refractivity contribution in [1.82, 2.24) is 9.97 Å². The molecule has 0 unspecified atom stereocenters. The standard InChI is InChI=1S/C14H6N2O8/c17-10-4-2-6(14(23)24)15-8(4)7-3(12(19)20)1-5(13(21)22)16-9(7)11(10)18/h1-2,15H,(H,19,20)(H,21,22)(H,23,24)/p-3. The summed E-state index contributed by atoms with van der Waals surface area (Å²) in [5.74, 6) is -7.87. The van der Waals surface area contributed by atoms with Crippen molar-refractivity contribution >= 4 is 29.5 Å². The van der Waals surface area contributed by atoms with Gasteiger partial charge in [-0.2, -0.15) is 0 Å². The summed E-state index contributed by atoms with van der Waals surface area (Å²) in [6, 6.07) is 1.41. The summed E-state index contributed by atoms with van der Waals surface area (Å²) in [5, 5.41) is 33.1. The number of carboxylic acids is 3. The maximum atomic E-state index is 12.1. The molecule has 24 heavy (non-hydrogen) atoms. The van der Waals surface area contributed by atoms with Crippen LogP contribution in [0.1, 0.15) is 52.2 Å². The van der Waals surface area contributed by atoms with E-state index in [9.17, 15) is 39.3 Å². The fraction of sp³-hybridized carbons (Fsp3) is 0. The second-order valence-electron chi connectivity index (χ2n) is 4.77. The fourth-order valence-corrected chi connectivity index (χ4v) is 2.40. The van der Waals surface area contributed by atoms with E-state index >= 15 is 0 Å². The minimum atomic E-state index is -1.87. The lowest BCUT2D eigenvalue weighted by atomic mass is 9.88. The van der Waals surface area contributed by atoms with Gasteiger partial charge in [0.15, 0.2) is 0 Å². The molecule has 0 aromatic carbocycles. The molecule has 0 fully saturated rings. The molecule has 0 atom stereocenters. The number of fused-ring (bicyclic) bond motifs is 3. The molecular weight excluding hydrogens is 324 g/mol. The zero-order valence-electron chi connectivity index (χ0n) is 11.4. The first-order chi connectivity index (χ1) is 11.2. The van der Waals surface area contributed by atoms with Gasteiger partial charge in [-0.25, -0.2) is 4.98 Å². The first-order valence-electron chi connectivity index (χ1n) is 6.23. The summed E-state index contributed by atoms with van der Waals surface area (Å²) < 4.78 is 0. The van der Waals surface area contributed by atoms with Gasteiger partial charge in [-0.05, 0) is 12.1 Å². The maximum Gasteiger partial charge on any atom is 0.252 e. The Morgan fingerprint density at radius 2 is 1.58 bits per heavy atom. The first-order valence-corrected chi connectivity index (χ1v) is 6.23. The van der Waals surface area contributed by atoms with Crippen LogP contribution in [0.4, 0.5) is 0 Å². The van der Waals surface area contributed by atoms with Gasteiger partial charge in [-0.1, -0.05) is 0 Å². The monoisotopic (exact) mass is 327 g/mol. The lowest BCUT2D eigenvalue weighted by Crippen LogP contribution is -2.31. The zero-order valence-corrected chi connectivity index (χ0v) is 11.4. The molecule has 0 amide bonds. The van der Waals surface area contributed by atoms with E-state index in [0.717, 1.165) is 6.07 Å². The summed E-state index contributed by atoms with van der Waals surface area (Å²) in [6.45, 7) is 0. The predicted molar refractivity (Wildman–Crippen MR) is 65.7 cm³/mol. The van der Waals surface area contributed by atoms with E-state index in [4.69, 9.17) is 0 Å². The molecule has 10 heteroatoms. The van der Waals surface area contributed by atoms with E-state index in [1.165, 1.54) is 0 Å². The van der Waals surface area contributed by atoms with Gasteiger partial charge in [0.2, 0.25) is 5.78 Å². The second kappa shape index (κ2) is 4.84. The molecular formula is C14H3N2O8-3. The number of pyridine rings is 1. The Morgan fingerprint density at radius 3 is 2.12 bits per heavy atom. The van der Waals surface area contributed by atoms with Crippen LogP contribution in [-0.2, 0) is 0 Å². The Kier molecular flexibility index (Phi) is 3.04. The number of carbonyl (C=O) groups is 5. The molecule has 3 rings (SSSR count). The van der Waals surface area contributed by atoms with Gasteiger partial charge in [0.25, 0.3) is 5.78 Å². The molecule has 2 heterocycles. The van der Waals surface area contributed by atoms with Crippen LogP contribution in [0, 0.1) is 0 Å². The molecule has 2 aromatic rings. The number of nitrogens with zero attached hydrogens (tertiary/aromatic N) is 1. The van der Waals surface area contributed by atoms with Crippen molar-refractivity contribution in [2.24, 2.45) is 0 Å². The highest BCUT2D eigenvalue weighted by Gasteiger charge is 2.36. The third-order valence-electron chi connectivity index (χ3n) is 3.40. The van der Waals surface area contributed by atoms with Crippen molar-refractivity contribution in [1.29, 1.82) is 0 Å². The Morgan fingerprint density at radius 1 is 0.917 bits per heavy atom. The molecule has 1 aliphatic rings. The number of aromatic carboxylic acids is 3. The molecule has 0 bridgehead atoms. The number of ketones is 2. The molecule has 0 spiro atoms. The van der Waals surface area contributed by atoms with Gasteiger partial charge >= 0.3 is 0 Å². The van der Waals surface area contributed by atoms with Gasteiger partial charge in [-0.3, -0.25) is 9.59 Å². The van der Waals surface area contributed by atoms with Crippen molar-refractivity contribution in [3.63, 3.8) is 0 Å². The minimum Gasteiger partial charge on any atom is -0.545 e. The van der Waals surface area contributed by atoms with Crippen molar-refractivity contribution in [2.45, 2.75) is 0 Å².